The second-order valence-corrected chi connectivity index (χ2v) is 3.40. The van der Waals surface area contributed by atoms with Crippen molar-refractivity contribution in [3.8, 4) is 11.5 Å². The van der Waals surface area contributed by atoms with Crippen LogP contribution in [0.25, 0.3) is 11.5 Å². The number of anilines is 1. The van der Waals surface area contributed by atoms with Gasteiger partial charge in [0.25, 0.3) is 5.89 Å². The molecule has 72 valence electrons. The van der Waals surface area contributed by atoms with Crippen LogP contribution in [0.1, 0.15) is 0 Å². The van der Waals surface area contributed by atoms with Crippen LogP contribution in [0.5, 0.6) is 0 Å². The first kappa shape index (κ1) is 9.14. The monoisotopic (exact) mass is 257 g/mol. The van der Waals surface area contributed by atoms with Crippen LogP contribution >= 0.6 is 15.9 Å². The number of hydrogen-bond donors (Lipinski definition) is 1. The van der Waals surface area contributed by atoms with E-state index in [1.165, 1.54) is 6.07 Å². The second-order valence-electron chi connectivity index (χ2n) is 2.55. The molecule has 0 aliphatic carbocycles. The number of nitrogen functional groups attached to an aromatic ring is 1. The molecular formula is C8H5BrFN3O. The second kappa shape index (κ2) is 3.38. The summed E-state index contributed by atoms with van der Waals surface area (Å²) in [5.74, 6) is -0.377. The lowest BCUT2D eigenvalue weighted by molar-refractivity contribution is 0.573. The van der Waals surface area contributed by atoms with E-state index in [0.29, 0.717) is 4.47 Å². The molecule has 1 heterocycles. The summed E-state index contributed by atoms with van der Waals surface area (Å²) < 4.78 is 18.7. The molecule has 1 aromatic carbocycles. The molecule has 6 heteroatoms. The van der Waals surface area contributed by atoms with E-state index in [9.17, 15) is 4.39 Å². The number of nitrogens with zero attached hydrogens (tertiary/aromatic N) is 2. The molecule has 4 nitrogen and oxygen atoms in total. The summed E-state index contributed by atoms with van der Waals surface area (Å²) in [6.07, 6.45) is 0. The lowest BCUT2D eigenvalue weighted by Gasteiger charge is -1.98. The maximum Gasteiger partial charge on any atom is 0.313 e. The van der Waals surface area contributed by atoms with Gasteiger partial charge >= 0.3 is 6.01 Å². The van der Waals surface area contributed by atoms with Gasteiger partial charge in [-0.25, -0.2) is 4.39 Å². The Morgan fingerprint density at radius 3 is 2.79 bits per heavy atom. The molecule has 2 aromatic rings. The van der Waals surface area contributed by atoms with Crippen LogP contribution in [0.3, 0.4) is 0 Å². The van der Waals surface area contributed by atoms with Crippen molar-refractivity contribution >= 4 is 21.9 Å². The van der Waals surface area contributed by atoms with Gasteiger partial charge < -0.3 is 10.2 Å². The summed E-state index contributed by atoms with van der Waals surface area (Å²) in [6.45, 7) is 0. The topological polar surface area (TPSA) is 64.9 Å². The molecule has 2 rings (SSSR count). The Hall–Kier alpha value is -1.43. The van der Waals surface area contributed by atoms with E-state index in [1.54, 1.807) is 12.1 Å². The van der Waals surface area contributed by atoms with Gasteiger partial charge in [0.15, 0.2) is 0 Å². The fourth-order valence-corrected chi connectivity index (χ4v) is 1.38. The Labute approximate surface area is 87.1 Å². The van der Waals surface area contributed by atoms with Gasteiger partial charge in [-0.3, -0.25) is 0 Å². The fraction of sp³-hybridized carbons (Fsp3) is 0. The third-order valence-corrected chi connectivity index (χ3v) is 2.24. The zero-order chi connectivity index (χ0) is 10.1. The maximum atomic E-state index is 13.5. The summed E-state index contributed by atoms with van der Waals surface area (Å²) in [5, 5.41) is 7.03. The van der Waals surface area contributed by atoms with Crippen LogP contribution in [0.4, 0.5) is 10.4 Å². The van der Waals surface area contributed by atoms with Gasteiger partial charge in [0.05, 0.1) is 10.0 Å². The van der Waals surface area contributed by atoms with Crippen LogP contribution in [0.2, 0.25) is 0 Å². The number of nitrogens with two attached hydrogens (primary N) is 1. The molecule has 1 aromatic heterocycles. The quantitative estimate of drug-likeness (QED) is 0.851. The summed E-state index contributed by atoms with van der Waals surface area (Å²) in [5.41, 5.74) is 5.46. The molecule has 0 radical (unpaired) electrons. The molecule has 0 aliphatic rings. The molecule has 0 amide bonds. The van der Waals surface area contributed by atoms with Crippen molar-refractivity contribution in [2.75, 3.05) is 5.73 Å². The highest BCUT2D eigenvalue weighted by Gasteiger charge is 2.13. The van der Waals surface area contributed by atoms with Gasteiger partial charge in [-0.15, -0.1) is 5.10 Å². The largest absolute Gasteiger partial charge is 0.403 e. The number of halogens is 2. The lowest BCUT2D eigenvalue weighted by atomic mass is 10.2. The van der Waals surface area contributed by atoms with Crippen LogP contribution in [-0.2, 0) is 0 Å². The van der Waals surface area contributed by atoms with Gasteiger partial charge in [-0.2, -0.15) is 0 Å². The molecular weight excluding hydrogens is 253 g/mol. The summed E-state index contributed by atoms with van der Waals surface area (Å²) in [4.78, 5) is 0. The minimum absolute atomic E-state index is 0.0706. The number of aromatic nitrogens is 2. The predicted octanol–water partition coefficient (Wildman–Crippen LogP) is 2.22. The normalized spacial score (nSPS) is 10.4. The van der Waals surface area contributed by atoms with Crippen molar-refractivity contribution in [2.24, 2.45) is 0 Å². The molecule has 2 N–H and O–H groups in total. The van der Waals surface area contributed by atoms with Gasteiger partial charge in [-0.05, 0) is 28.1 Å². The number of rotatable bonds is 1. The molecule has 0 aliphatic heterocycles. The van der Waals surface area contributed by atoms with E-state index >= 15 is 0 Å². The highest BCUT2D eigenvalue weighted by atomic mass is 79.9. The molecule has 0 atom stereocenters. The summed E-state index contributed by atoms with van der Waals surface area (Å²) in [6, 6.07) is 4.70. The van der Waals surface area contributed by atoms with Crippen molar-refractivity contribution in [2.45, 2.75) is 0 Å². The van der Waals surface area contributed by atoms with Crippen LogP contribution < -0.4 is 5.73 Å². The van der Waals surface area contributed by atoms with Crippen molar-refractivity contribution < 1.29 is 8.81 Å². The van der Waals surface area contributed by atoms with E-state index in [0.717, 1.165) is 0 Å². The minimum Gasteiger partial charge on any atom is -0.403 e. The number of benzene rings is 1. The zero-order valence-electron chi connectivity index (χ0n) is 6.87. The SMILES string of the molecule is Nc1nnc(-c2cccc(Br)c2F)o1. The Kier molecular flexibility index (Phi) is 2.20. The summed E-state index contributed by atoms with van der Waals surface area (Å²) in [7, 11) is 0. The lowest BCUT2D eigenvalue weighted by Crippen LogP contribution is -1.85. The summed E-state index contributed by atoms with van der Waals surface area (Å²) >= 11 is 3.05. The van der Waals surface area contributed by atoms with Gasteiger partial charge in [-0.1, -0.05) is 11.2 Å². The average molecular weight is 258 g/mol. The van der Waals surface area contributed by atoms with Gasteiger partial charge in [0, 0.05) is 0 Å². The molecule has 0 saturated heterocycles. The maximum absolute atomic E-state index is 13.5. The third-order valence-electron chi connectivity index (χ3n) is 1.62. The van der Waals surface area contributed by atoms with Crippen molar-refractivity contribution in [3.05, 3.63) is 28.5 Å². The van der Waals surface area contributed by atoms with E-state index < -0.39 is 5.82 Å². The third kappa shape index (κ3) is 1.48. The first-order chi connectivity index (χ1) is 6.68. The highest BCUT2D eigenvalue weighted by Crippen LogP contribution is 2.26. The minimum atomic E-state index is -0.448. The smallest absolute Gasteiger partial charge is 0.313 e. The van der Waals surface area contributed by atoms with E-state index in [-0.39, 0.29) is 17.5 Å². The van der Waals surface area contributed by atoms with Crippen molar-refractivity contribution in [1.29, 1.82) is 0 Å². The van der Waals surface area contributed by atoms with E-state index in [2.05, 4.69) is 26.1 Å². The molecule has 0 saturated carbocycles. The first-order valence-electron chi connectivity index (χ1n) is 3.72. The van der Waals surface area contributed by atoms with Gasteiger partial charge in [0.2, 0.25) is 0 Å². The van der Waals surface area contributed by atoms with Gasteiger partial charge in [0.1, 0.15) is 5.82 Å². The molecule has 0 spiro atoms. The van der Waals surface area contributed by atoms with Crippen LogP contribution in [0, 0.1) is 5.82 Å². The van der Waals surface area contributed by atoms with Crippen molar-refractivity contribution in [1.82, 2.24) is 10.2 Å². The predicted molar refractivity (Wildman–Crippen MR) is 51.8 cm³/mol. The Bertz CT molecular complexity index is 471. The zero-order valence-corrected chi connectivity index (χ0v) is 8.45. The first-order valence-corrected chi connectivity index (χ1v) is 4.51. The Morgan fingerprint density at radius 1 is 1.36 bits per heavy atom. The molecule has 0 unspecified atom stereocenters. The van der Waals surface area contributed by atoms with Crippen LogP contribution in [-0.4, -0.2) is 10.2 Å². The number of hydrogen-bond acceptors (Lipinski definition) is 4. The van der Waals surface area contributed by atoms with E-state index in [1.807, 2.05) is 0 Å². The molecule has 0 fully saturated rings. The standard InChI is InChI=1S/C8H5BrFN3O/c9-5-3-1-2-4(6(5)10)7-12-13-8(11)14-7/h1-3H,(H2,11,13). The molecule has 0 bridgehead atoms. The van der Waals surface area contributed by atoms with Crippen molar-refractivity contribution in [3.63, 3.8) is 0 Å². The van der Waals surface area contributed by atoms with E-state index in [4.69, 9.17) is 10.2 Å². The average Bonchev–Trinajstić information content (AvgIpc) is 2.57. The van der Waals surface area contributed by atoms with Crippen LogP contribution in [0.15, 0.2) is 27.1 Å². The molecule has 14 heavy (non-hydrogen) atoms. The Morgan fingerprint density at radius 2 is 2.14 bits per heavy atom. The Balaban J connectivity index is 2.57. The highest BCUT2D eigenvalue weighted by molar-refractivity contribution is 9.10. The fourth-order valence-electron chi connectivity index (χ4n) is 1.01.